The molecular weight excluding hydrogens is 246 g/mol. The number of nitrogens with two attached hydrogens (primary N) is 1. The number of methoxy groups -OCH3 is 1. The minimum Gasteiger partial charge on any atom is -0.496 e. The highest BCUT2D eigenvalue weighted by Gasteiger charge is 2.38. The van der Waals surface area contributed by atoms with Crippen LogP contribution >= 0.6 is 0 Å². The van der Waals surface area contributed by atoms with Crippen LogP contribution in [-0.4, -0.2) is 13.7 Å². The second-order valence-corrected chi connectivity index (χ2v) is 6.62. The second kappa shape index (κ2) is 5.40. The van der Waals surface area contributed by atoms with Gasteiger partial charge in [0.2, 0.25) is 0 Å². The lowest BCUT2D eigenvalue weighted by atomic mass is 9.73. The largest absolute Gasteiger partial charge is 0.496 e. The fraction of sp³-hybridized carbons (Fsp3) is 0.667. The highest BCUT2D eigenvalue weighted by Crippen LogP contribution is 2.47. The molecule has 3 rings (SSSR count). The summed E-state index contributed by atoms with van der Waals surface area (Å²) in [6.07, 6.45) is 10.1. The predicted octanol–water partition coefficient (Wildman–Crippen LogP) is 3.65. The molecule has 0 aromatic heterocycles. The zero-order chi connectivity index (χ0) is 14.2. The molecule has 2 aliphatic rings. The number of hydrogen-bond donors (Lipinski definition) is 1. The molecule has 0 unspecified atom stereocenters. The van der Waals surface area contributed by atoms with Crippen molar-refractivity contribution in [2.24, 2.45) is 5.73 Å². The Hall–Kier alpha value is -1.02. The number of ether oxygens (including phenoxy) is 1. The average molecular weight is 273 g/mol. The topological polar surface area (TPSA) is 35.2 Å². The number of rotatable bonds is 3. The smallest absolute Gasteiger partial charge is 0.123 e. The maximum atomic E-state index is 6.21. The normalized spacial score (nSPS) is 20.8. The van der Waals surface area contributed by atoms with Crippen LogP contribution in [0.3, 0.4) is 0 Å². The van der Waals surface area contributed by atoms with Crippen molar-refractivity contribution in [2.75, 3.05) is 13.7 Å². The minimum absolute atomic E-state index is 0.169. The van der Waals surface area contributed by atoms with Gasteiger partial charge in [-0.05, 0) is 68.2 Å². The van der Waals surface area contributed by atoms with E-state index in [9.17, 15) is 0 Å². The van der Waals surface area contributed by atoms with E-state index in [0.717, 1.165) is 12.3 Å². The molecule has 1 saturated carbocycles. The van der Waals surface area contributed by atoms with Gasteiger partial charge in [-0.25, -0.2) is 0 Å². The summed E-state index contributed by atoms with van der Waals surface area (Å²) >= 11 is 0. The van der Waals surface area contributed by atoms with Gasteiger partial charge in [-0.1, -0.05) is 12.8 Å². The highest BCUT2D eigenvalue weighted by atomic mass is 16.5. The molecule has 0 bridgehead atoms. The molecule has 0 saturated heterocycles. The maximum Gasteiger partial charge on any atom is 0.123 e. The lowest BCUT2D eigenvalue weighted by Gasteiger charge is -2.34. The van der Waals surface area contributed by atoms with E-state index >= 15 is 0 Å². The van der Waals surface area contributed by atoms with Gasteiger partial charge in [-0.15, -0.1) is 0 Å². The fourth-order valence-corrected chi connectivity index (χ4v) is 4.51. The van der Waals surface area contributed by atoms with Crippen LogP contribution < -0.4 is 10.5 Å². The first kappa shape index (κ1) is 13.9. The summed E-state index contributed by atoms with van der Waals surface area (Å²) < 4.78 is 5.78. The van der Waals surface area contributed by atoms with Crippen molar-refractivity contribution in [3.63, 3.8) is 0 Å². The van der Waals surface area contributed by atoms with Gasteiger partial charge in [-0.3, -0.25) is 0 Å². The van der Waals surface area contributed by atoms with Crippen LogP contribution in [0.25, 0.3) is 0 Å². The summed E-state index contributed by atoms with van der Waals surface area (Å²) in [5.74, 6) is 1.09. The molecule has 2 nitrogen and oxygen atoms in total. The average Bonchev–Trinajstić information content (AvgIpc) is 2.97. The van der Waals surface area contributed by atoms with Gasteiger partial charge in [0.1, 0.15) is 5.75 Å². The monoisotopic (exact) mass is 273 g/mol. The predicted molar refractivity (Wildman–Crippen MR) is 83.6 cm³/mol. The van der Waals surface area contributed by atoms with E-state index in [-0.39, 0.29) is 5.41 Å². The maximum absolute atomic E-state index is 6.21. The summed E-state index contributed by atoms with van der Waals surface area (Å²) in [5.41, 5.74) is 12.4. The van der Waals surface area contributed by atoms with Crippen LogP contribution in [-0.2, 0) is 18.3 Å². The van der Waals surface area contributed by atoms with E-state index in [2.05, 4.69) is 13.0 Å². The van der Waals surface area contributed by atoms with Gasteiger partial charge >= 0.3 is 0 Å². The van der Waals surface area contributed by atoms with Crippen molar-refractivity contribution < 1.29 is 4.74 Å². The number of hydrogen-bond acceptors (Lipinski definition) is 2. The standard InChI is InChI=1S/C18H27NO/c1-13-15-8-4-3-7-14(15)11-16(20-2)17(13)18(12-19)9-5-6-10-18/h11H,3-10,12,19H2,1-2H3. The van der Waals surface area contributed by atoms with Gasteiger partial charge in [0.15, 0.2) is 0 Å². The zero-order valence-corrected chi connectivity index (χ0v) is 12.9. The third kappa shape index (κ3) is 2.05. The summed E-state index contributed by atoms with van der Waals surface area (Å²) in [6.45, 7) is 3.06. The third-order valence-corrected chi connectivity index (χ3v) is 5.59. The van der Waals surface area contributed by atoms with Gasteiger partial charge in [0.05, 0.1) is 7.11 Å². The number of fused-ring (bicyclic) bond motifs is 1. The van der Waals surface area contributed by atoms with Crippen molar-refractivity contribution in [3.05, 3.63) is 28.3 Å². The van der Waals surface area contributed by atoms with Crippen LogP contribution in [0.1, 0.15) is 60.8 Å². The minimum atomic E-state index is 0.169. The van der Waals surface area contributed by atoms with E-state index in [1.165, 1.54) is 68.1 Å². The van der Waals surface area contributed by atoms with E-state index in [1.54, 1.807) is 5.56 Å². The van der Waals surface area contributed by atoms with Crippen LogP contribution in [0, 0.1) is 6.92 Å². The molecule has 0 spiro atoms. The molecule has 0 heterocycles. The van der Waals surface area contributed by atoms with Gasteiger partial charge < -0.3 is 10.5 Å². The second-order valence-electron chi connectivity index (χ2n) is 6.62. The van der Waals surface area contributed by atoms with Crippen molar-refractivity contribution in [1.29, 1.82) is 0 Å². The Morgan fingerprint density at radius 3 is 2.50 bits per heavy atom. The molecule has 1 aromatic rings. The summed E-state index contributed by atoms with van der Waals surface area (Å²) in [6, 6.07) is 2.31. The molecule has 2 aliphatic carbocycles. The molecule has 1 aromatic carbocycles. The molecule has 110 valence electrons. The molecule has 0 radical (unpaired) electrons. The van der Waals surface area contributed by atoms with Crippen molar-refractivity contribution in [3.8, 4) is 5.75 Å². The molecular formula is C18H27NO. The van der Waals surface area contributed by atoms with Crippen molar-refractivity contribution in [1.82, 2.24) is 0 Å². The van der Waals surface area contributed by atoms with E-state index < -0.39 is 0 Å². The quantitative estimate of drug-likeness (QED) is 0.912. The van der Waals surface area contributed by atoms with Gasteiger partial charge in [0, 0.05) is 17.5 Å². The first-order valence-corrected chi connectivity index (χ1v) is 8.12. The Labute approximate surface area is 122 Å². The molecule has 0 amide bonds. The Kier molecular flexibility index (Phi) is 3.76. The van der Waals surface area contributed by atoms with Crippen LogP contribution in [0.4, 0.5) is 0 Å². The third-order valence-electron chi connectivity index (χ3n) is 5.59. The fourth-order valence-electron chi connectivity index (χ4n) is 4.51. The van der Waals surface area contributed by atoms with E-state index in [0.29, 0.717) is 0 Å². The number of benzene rings is 1. The Morgan fingerprint density at radius 2 is 1.85 bits per heavy atom. The van der Waals surface area contributed by atoms with Crippen LogP contribution in [0.2, 0.25) is 0 Å². The first-order chi connectivity index (χ1) is 9.72. The highest BCUT2D eigenvalue weighted by molar-refractivity contribution is 5.54. The summed E-state index contributed by atoms with van der Waals surface area (Å²) in [7, 11) is 1.81. The Bertz CT molecular complexity index is 501. The summed E-state index contributed by atoms with van der Waals surface area (Å²) in [5, 5.41) is 0. The van der Waals surface area contributed by atoms with Crippen molar-refractivity contribution >= 4 is 0 Å². The molecule has 20 heavy (non-hydrogen) atoms. The molecule has 2 heteroatoms. The Morgan fingerprint density at radius 1 is 1.15 bits per heavy atom. The molecule has 0 atom stereocenters. The SMILES string of the molecule is COc1cc2c(c(C)c1C1(CN)CCCC1)CCCC2. The van der Waals surface area contributed by atoms with Gasteiger partial charge in [-0.2, -0.15) is 0 Å². The van der Waals surface area contributed by atoms with Crippen LogP contribution in [0.5, 0.6) is 5.75 Å². The molecule has 1 fully saturated rings. The zero-order valence-electron chi connectivity index (χ0n) is 12.9. The van der Waals surface area contributed by atoms with Gasteiger partial charge in [0.25, 0.3) is 0 Å². The van der Waals surface area contributed by atoms with Crippen LogP contribution in [0.15, 0.2) is 6.07 Å². The molecule has 0 aliphatic heterocycles. The van der Waals surface area contributed by atoms with E-state index in [4.69, 9.17) is 10.5 Å². The van der Waals surface area contributed by atoms with Crippen molar-refractivity contribution in [2.45, 2.75) is 63.7 Å². The number of aryl methyl sites for hydroxylation is 1. The lowest BCUT2D eigenvalue weighted by molar-refractivity contribution is 0.374. The Balaban J connectivity index is 2.18. The molecule has 2 N–H and O–H groups in total. The van der Waals surface area contributed by atoms with E-state index in [1.807, 2.05) is 7.11 Å². The summed E-state index contributed by atoms with van der Waals surface area (Å²) in [4.78, 5) is 0. The lowest BCUT2D eigenvalue weighted by Crippen LogP contribution is -2.34. The first-order valence-electron chi connectivity index (χ1n) is 8.12.